The third-order valence-electron chi connectivity index (χ3n) is 3.03. The highest BCUT2D eigenvalue weighted by atomic mass is 79.9. The fraction of sp³-hybridized carbons (Fsp3) is 0.200. The van der Waals surface area contributed by atoms with Gasteiger partial charge in [-0.1, -0.05) is 39.4 Å². The Labute approximate surface area is 143 Å². The number of hydrogen-bond acceptors (Lipinski definition) is 6. The van der Waals surface area contributed by atoms with Gasteiger partial charge in [0.1, 0.15) is 6.61 Å². The Hall–Kier alpha value is -2.06. The second kappa shape index (κ2) is 6.59. The Kier molecular flexibility index (Phi) is 4.53. The molecule has 1 aromatic carbocycles. The predicted molar refractivity (Wildman–Crippen MR) is 89.5 cm³/mol. The van der Waals surface area contributed by atoms with Crippen LogP contribution in [0.3, 0.4) is 0 Å². The van der Waals surface area contributed by atoms with Gasteiger partial charge in [0.2, 0.25) is 4.96 Å². The molecular formula is C15H12BrN3O3S. The van der Waals surface area contributed by atoms with Crippen molar-refractivity contribution in [1.29, 1.82) is 0 Å². The summed E-state index contributed by atoms with van der Waals surface area (Å²) in [6, 6.07) is 8.87. The SMILES string of the molecule is Cc1cc(=O)n2nc(COC(=O)Cc3ccc(Br)cc3)sc2n1. The van der Waals surface area contributed by atoms with Crippen LogP contribution in [0.2, 0.25) is 0 Å². The Bertz CT molecular complexity index is 918. The first kappa shape index (κ1) is 15.8. The lowest BCUT2D eigenvalue weighted by molar-refractivity contribution is -0.144. The maximum Gasteiger partial charge on any atom is 0.310 e. The molecule has 0 unspecified atom stereocenters. The van der Waals surface area contributed by atoms with Crippen LogP contribution >= 0.6 is 27.3 Å². The molecule has 2 heterocycles. The van der Waals surface area contributed by atoms with E-state index in [4.69, 9.17) is 4.74 Å². The van der Waals surface area contributed by atoms with Gasteiger partial charge in [0.05, 0.1) is 6.42 Å². The summed E-state index contributed by atoms with van der Waals surface area (Å²) in [5, 5.41) is 4.65. The number of nitrogens with zero attached hydrogens (tertiary/aromatic N) is 3. The van der Waals surface area contributed by atoms with E-state index in [0.29, 0.717) is 15.7 Å². The number of rotatable bonds is 4. The summed E-state index contributed by atoms with van der Waals surface area (Å²) in [7, 11) is 0. The third kappa shape index (κ3) is 3.83. The van der Waals surface area contributed by atoms with Crippen LogP contribution < -0.4 is 5.56 Å². The molecule has 0 aliphatic heterocycles. The van der Waals surface area contributed by atoms with E-state index in [0.717, 1.165) is 10.0 Å². The maximum absolute atomic E-state index is 11.9. The standard InChI is InChI=1S/C15H12BrN3O3S/c1-9-6-13(20)19-15(17-9)23-12(18-19)8-22-14(21)7-10-2-4-11(16)5-3-10/h2-6H,7-8H2,1H3. The normalized spacial score (nSPS) is 10.9. The summed E-state index contributed by atoms with van der Waals surface area (Å²) in [4.78, 5) is 28.4. The zero-order chi connectivity index (χ0) is 16.4. The van der Waals surface area contributed by atoms with Gasteiger partial charge in [-0.3, -0.25) is 9.59 Å². The van der Waals surface area contributed by atoms with E-state index >= 15 is 0 Å². The minimum absolute atomic E-state index is 0.0296. The molecule has 0 spiro atoms. The smallest absolute Gasteiger partial charge is 0.310 e. The van der Waals surface area contributed by atoms with Crippen molar-refractivity contribution in [1.82, 2.24) is 14.6 Å². The molecule has 23 heavy (non-hydrogen) atoms. The zero-order valence-electron chi connectivity index (χ0n) is 12.2. The molecule has 8 heteroatoms. The van der Waals surface area contributed by atoms with Crippen molar-refractivity contribution in [3.63, 3.8) is 0 Å². The molecule has 118 valence electrons. The van der Waals surface area contributed by atoms with Gasteiger partial charge in [-0.25, -0.2) is 4.98 Å². The molecule has 0 radical (unpaired) electrons. The number of esters is 1. The van der Waals surface area contributed by atoms with Crippen molar-refractivity contribution in [2.45, 2.75) is 20.0 Å². The second-order valence-electron chi connectivity index (χ2n) is 4.89. The monoisotopic (exact) mass is 393 g/mol. The van der Waals surface area contributed by atoms with Crippen LogP contribution in [-0.2, 0) is 22.6 Å². The molecule has 0 saturated carbocycles. The molecule has 6 nitrogen and oxygen atoms in total. The molecule has 0 amide bonds. The number of fused-ring (bicyclic) bond motifs is 1. The van der Waals surface area contributed by atoms with Crippen molar-refractivity contribution < 1.29 is 9.53 Å². The first-order valence-corrected chi connectivity index (χ1v) is 8.39. The molecular weight excluding hydrogens is 382 g/mol. The summed E-state index contributed by atoms with van der Waals surface area (Å²) in [5.74, 6) is -0.344. The van der Waals surface area contributed by atoms with Crippen molar-refractivity contribution in [2.24, 2.45) is 0 Å². The highest BCUT2D eigenvalue weighted by Gasteiger charge is 2.10. The van der Waals surface area contributed by atoms with E-state index in [-0.39, 0.29) is 24.6 Å². The predicted octanol–water partition coefficient (Wildman–Crippen LogP) is 2.51. The average molecular weight is 394 g/mol. The molecule has 3 rings (SSSR count). The number of halogens is 1. The summed E-state index contributed by atoms with van der Waals surface area (Å²) in [6.45, 7) is 1.78. The van der Waals surface area contributed by atoms with E-state index < -0.39 is 0 Å². The van der Waals surface area contributed by atoms with Gasteiger partial charge >= 0.3 is 5.97 Å². The molecule has 0 bridgehead atoms. The number of hydrogen-bond donors (Lipinski definition) is 0. The summed E-state index contributed by atoms with van der Waals surface area (Å²) in [6.07, 6.45) is 0.190. The van der Waals surface area contributed by atoms with Crippen molar-refractivity contribution in [3.8, 4) is 0 Å². The summed E-state index contributed by atoms with van der Waals surface area (Å²) >= 11 is 4.58. The van der Waals surface area contributed by atoms with E-state index in [1.54, 1.807) is 6.92 Å². The topological polar surface area (TPSA) is 73.6 Å². The van der Waals surface area contributed by atoms with Crippen molar-refractivity contribution in [3.05, 3.63) is 61.4 Å². The van der Waals surface area contributed by atoms with Gasteiger partial charge in [-0.2, -0.15) is 9.61 Å². The van der Waals surface area contributed by atoms with Crippen LogP contribution in [-0.4, -0.2) is 20.6 Å². The number of ether oxygens (including phenoxy) is 1. The number of benzene rings is 1. The number of carbonyl (C=O) groups excluding carboxylic acids is 1. The first-order chi connectivity index (χ1) is 11.0. The maximum atomic E-state index is 11.9. The molecule has 0 fully saturated rings. The molecule has 0 N–H and O–H groups in total. The van der Waals surface area contributed by atoms with Crippen molar-refractivity contribution >= 4 is 38.2 Å². The Morgan fingerprint density at radius 1 is 1.35 bits per heavy atom. The van der Waals surface area contributed by atoms with E-state index in [1.165, 1.54) is 21.9 Å². The van der Waals surface area contributed by atoms with Gasteiger partial charge in [-0.05, 0) is 24.6 Å². The number of aromatic nitrogens is 3. The Morgan fingerprint density at radius 3 is 2.83 bits per heavy atom. The molecule has 3 aromatic rings. The molecule has 0 saturated heterocycles. The van der Waals surface area contributed by atoms with E-state index in [1.807, 2.05) is 24.3 Å². The Balaban J connectivity index is 1.66. The lowest BCUT2D eigenvalue weighted by Crippen LogP contribution is -2.14. The Morgan fingerprint density at radius 2 is 2.09 bits per heavy atom. The van der Waals surface area contributed by atoms with Crippen LogP contribution in [0.4, 0.5) is 0 Å². The van der Waals surface area contributed by atoms with Crippen LogP contribution in [0.5, 0.6) is 0 Å². The number of carbonyl (C=O) groups is 1. The van der Waals surface area contributed by atoms with Gasteiger partial charge < -0.3 is 4.74 Å². The molecule has 0 atom stereocenters. The lowest BCUT2D eigenvalue weighted by Gasteiger charge is -2.02. The lowest BCUT2D eigenvalue weighted by atomic mass is 10.2. The fourth-order valence-corrected chi connectivity index (χ4v) is 3.10. The molecule has 0 aliphatic rings. The van der Waals surface area contributed by atoms with Crippen LogP contribution in [0.15, 0.2) is 39.6 Å². The third-order valence-corrected chi connectivity index (χ3v) is 4.44. The second-order valence-corrected chi connectivity index (χ2v) is 6.85. The van der Waals surface area contributed by atoms with Gasteiger partial charge in [0.25, 0.3) is 5.56 Å². The molecule has 0 aliphatic carbocycles. The average Bonchev–Trinajstić information content (AvgIpc) is 2.91. The quantitative estimate of drug-likeness (QED) is 0.636. The van der Waals surface area contributed by atoms with Crippen LogP contribution in [0, 0.1) is 6.92 Å². The first-order valence-electron chi connectivity index (χ1n) is 6.78. The largest absolute Gasteiger partial charge is 0.458 e. The highest BCUT2D eigenvalue weighted by Crippen LogP contribution is 2.14. The fourth-order valence-electron chi connectivity index (χ4n) is 1.98. The zero-order valence-corrected chi connectivity index (χ0v) is 14.6. The summed E-state index contributed by atoms with van der Waals surface area (Å²) < 4.78 is 7.39. The van der Waals surface area contributed by atoms with E-state index in [2.05, 4.69) is 26.0 Å². The van der Waals surface area contributed by atoms with Crippen molar-refractivity contribution in [2.75, 3.05) is 0 Å². The van der Waals surface area contributed by atoms with Crippen LogP contribution in [0.25, 0.3) is 4.96 Å². The van der Waals surface area contributed by atoms with E-state index in [9.17, 15) is 9.59 Å². The number of aryl methyl sites for hydroxylation is 1. The minimum Gasteiger partial charge on any atom is -0.458 e. The minimum atomic E-state index is -0.344. The van der Waals surface area contributed by atoms with Gasteiger partial charge in [0.15, 0.2) is 5.01 Å². The van der Waals surface area contributed by atoms with Gasteiger partial charge in [-0.15, -0.1) is 0 Å². The van der Waals surface area contributed by atoms with Gasteiger partial charge in [0, 0.05) is 16.2 Å². The highest BCUT2D eigenvalue weighted by molar-refractivity contribution is 9.10. The summed E-state index contributed by atoms with van der Waals surface area (Å²) in [5.41, 5.74) is 1.27. The van der Waals surface area contributed by atoms with Crippen LogP contribution in [0.1, 0.15) is 16.3 Å². The molecule has 2 aromatic heterocycles.